The monoisotopic (exact) mass is 449 g/mol. The lowest BCUT2D eigenvalue weighted by Gasteiger charge is -2.17. The Morgan fingerprint density at radius 2 is 1.97 bits per heavy atom. The summed E-state index contributed by atoms with van der Waals surface area (Å²) < 4.78 is 5.61. The standard InChI is InChI=1S/C20H20ClN3O3S2/c1-24(8-9-27-16-6-4-14(21)5-7-16)19(26)11-15-13-29-20(22-15)23-18(25)12-17-3-2-10-28-17/h2-7,10,13H,8-9,11-12H2,1H3,(H,22,23,25). The number of carbonyl (C=O) groups excluding carboxylic acids is 2. The molecule has 2 aromatic heterocycles. The lowest BCUT2D eigenvalue weighted by molar-refractivity contribution is -0.129. The van der Waals surface area contributed by atoms with Gasteiger partial charge in [-0.2, -0.15) is 0 Å². The molecule has 2 amide bonds. The first-order chi connectivity index (χ1) is 14.0. The number of thiophene rings is 1. The molecule has 0 radical (unpaired) electrons. The highest BCUT2D eigenvalue weighted by molar-refractivity contribution is 7.14. The van der Waals surface area contributed by atoms with Crippen LogP contribution >= 0.6 is 34.3 Å². The van der Waals surface area contributed by atoms with Crippen LogP contribution in [0.2, 0.25) is 5.02 Å². The zero-order chi connectivity index (χ0) is 20.6. The maximum Gasteiger partial charge on any atom is 0.231 e. The van der Waals surface area contributed by atoms with Crippen LogP contribution in [0.3, 0.4) is 0 Å². The third-order valence-electron chi connectivity index (χ3n) is 3.98. The number of hydrogen-bond donors (Lipinski definition) is 1. The van der Waals surface area contributed by atoms with Crippen LogP contribution in [0.4, 0.5) is 5.13 Å². The van der Waals surface area contributed by atoms with Gasteiger partial charge in [-0.15, -0.1) is 22.7 Å². The highest BCUT2D eigenvalue weighted by Gasteiger charge is 2.14. The molecule has 0 aliphatic heterocycles. The van der Waals surface area contributed by atoms with E-state index in [2.05, 4.69) is 10.3 Å². The molecule has 0 atom stereocenters. The molecule has 0 aliphatic carbocycles. The van der Waals surface area contributed by atoms with Crippen LogP contribution in [0.1, 0.15) is 10.6 Å². The normalized spacial score (nSPS) is 10.6. The molecule has 0 bridgehead atoms. The van der Waals surface area contributed by atoms with Gasteiger partial charge in [0.2, 0.25) is 11.8 Å². The molecule has 3 aromatic rings. The van der Waals surface area contributed by atoms with E-state index in [4.69, 9.17) is 16.3 Å². The Balaban J connectivity index is 1.41. The van der Waals surface area contributed by atoms with Crippen LogP contribution in [0.5, 0.6) is 5.75 Å². The number of anilines is 1. The van der Waals surface area contributed by atoms with Crippen LogP contribution in [-0.4, -0.2) is 41.9 Å². The molecule has 1 aromatic carbocycles. The summed E-state index contributed by atoms with van der Waals surface area (Å²) in [6.45, 7) is 0.834. The van der Waals surface area contributed by atoms with Crippen molar-refractivity contribution in [2.45, 2.75) is 12.8 Å². The summed E-state index contributed by atoms with van der Waals surface area (Å²) in [5.41, 5.74) is 0.636. The van der Waals surface area contributed by atoms with Crippen LogP contribution in [0, 0.1) is 0 Å². The first-order valence-electron chi connectivity index (χ1n) is 8.88. The van der Waals surface area contributed by atoms with Gasteiger partial charge in [-0.3, -0.25) is 9.59 Å². The molecular weight excluding hydrogens is 430 g/mol. The maximum absolute atomic E-state index is 12.4. The fourth-order valence-electron chi connectivity index (χ4n) is 2.43. The number of thiazole rings is 1. The van der Waals surface area contributed by atoms with Gasteiger partial charge in [-0.1, -0.05) is 17.7 Å². The van der Waals surface area contributed by atoms with Crippen molar-refractivity contribution in [2.24, 2.45) is 0 Å². The summed E-state index contributed by atoms with van der Waals surface area (Å²) in [5.74, 6) is 0.528. The van der Waals surface area contributed by atoms with Crippen molar-refractivity contribution >= 4 is 51.2 Å². The van der Waals surface area contributed by atoms with Crippen LogP contribution in [-0.2, 0) is 22.4 Å². The second kappa shape index (κ2) is 10.4. The quantitative estimate of drug-likeness (QED) is 0.533. The Hall–Kier alpha value is -2.42. The molecule has 0 aliphatic rings. The average Bonchev–Trinajstić information content (AvgIpc) is 3.35. The second-order valence-corrected chi connectivity index (χ2v) is 8.57. The van der Waals surface area contributed by atoms with Crippen molar-refractivity contribution < 1.29 is 14.3 Å². The largest absolute Gasteiger partial charge is 0.492 e. The van der Waals surface area contributed by atoms with Gasteiger partial charge in [0.05, 0.1) is 25.1 Å². The average molecular weight is 450 g/mol. The fourth-order valence-corrected chi connectivity index (χ4v) is 3.98. The van der Waals surface area contributed by atoms with E-state index >= 15 is 0 Å². The summed E-state index contributed by atoms with van der Waals surface area (Å²) in [6, 6.07) is 10.9. The number of rotatable bonds is 9. The summed E-state index contributed by atoms with van der Waals surface area (Å²) >= 11 is 8.69. The SMILES string of the molecule is CN(CCOc1ccc(Cl)cc1)C(=O)Cc1csc(NC(=O)Cc2cccs2)n1. The summed E-state index contributed by atoms with van der Waals surface area (Å²) in [6.07, 6.45) is 0.497. The number of ether oxygens (including phenoxy) is 1. The van der Waals surface area contributed by atoms with Gasteiger partial charge >= 0.3 is 0 Å². The number of aromatic nitrogens is 1. The number of halogens is 1. The number of carbonyl (C=O) groups is 2. The Bertz CT molecular complexity index is 942. The van der Waals surface area contributed by atoms with Crippen LogP contribution in [0.25, 0.3) is 0 Å². The highest BCUT2D eigenvalue weighted by Crippen LogP contribution is 2.18. The Kier molecular flexibility index (Phi) is 7.62. The Morgan fingerprint density at radius 3 is 2.69 bits per heavy atom. The number of likely N-dealkylation sites (N-methyl/N-ethyl adjacent to an activating group) is 1. The zero-order valence-electron chi connectivity index (χ0n) is 15.8. The van der Waals surface area contributed by atoms with Crippen molar-refractivity contribution in [3.63, 3.8) is 0 Å². The smallest absolute Gasteiger partial charge is 0.231 e. The topological polar surface area (TPSA) is 71.5 Å². The summed E-state index contributed by atoms with van der Waals surface area (Å²) in [5, 5.41) is 7.66. The number of hydrogen-bond acceptors (Lipinski definition) is 6. The predicted octanol–water partition coefficient (Wildman–Crippen LogP) is 4.12. The molecule has 0 saturated carbocycles. The van der Waals surface area contributed by atoms with Crippen molar-refractivity contribution in [3.8, 4) is 5.75 Å². The number of nitrogens with one attached hydrogen (secondary N) is 1. The molecule has 29 heavy (non-hydrogen) atoms. The van der Waals surface area contributed by atoms with Gasteiger partial charge in [0, 0.05) is 22.3 Å². The Morgan fingerprint density at radius 1 is 1.17 bits per heavy atom. The van der Waals surface area contributed by atoms with E-state index in [1.54, 1.807) is 52.9 Å². The highest BCUT2D eigenvalue weighted by atomic mass is 35.5. The molecule has 2 heterocycles. The number of amides is 2. The molecule has 0 saturated heterocycles. The lowest BCUT2D eigenvalue weighted by atomic mass is 10.3. The van der Waals surface area contributed by atoms with Crippen molar-refractivity contribution in [2.75, 3.05) is 25.5 Å². The zero-order valence-corrected chi connectivity index (χ0v) is 18.1. The minimum atomic E-state index is -0.115. The van der Waals surface area contributed by atoms with Crippen molar-refractivity contribution in [1.29, 1.82) is 0 Å². The molecule has 0 fully saturated rings. The maximum atomic E-state index is 12.4. The van der Waals surface area contributed by atoms with Crippen LogP contribution in [0.15, 0.2) is 47.2 Å². The number of nitrogens with zero attached hydrogens (tertiary/aromatic N) is 2. The third kappa shape index (κ3) is 6.85. The van der Waals surface area contributed by atoms with Gasteiger partial charge < -0.3 is 15.0 Å². The Labute approximate surface area is 182 Å². The molecule has 9 heteroatoms. The van der Waals surface area contributed by atoms with E-state index in [1.807, 2.05) is 17.5 Å². The molecule has 3 rings (SSSR count). The lowest BCUT2D eigenvalue weighted by Crippen LogP contribution is -2.32. The summed E-state index contributed by atoms with van der Waals surface area (Å²) in [7, 11) is 1.73. The van der Waals surface area contributed by atoms with E-state index < -0.39 is 0 Å². The second-order valence-electron chi connectivity index (χ2n) is 6.24. The molecule has 152 valence electrons. The fraction of sp³-hybridized carbons (Fsp3) is 0.250. The summed E-state index contributed by atoms with van der Waals surface area (Å²) in [4.78, 5) is 31.3. The molecule has 0 spiro atoms. The first-order valence-corrected chi connectivity index (χ1v) is 11.0. The minimum absolute atomic E-state index is 0.0635. The number of benzene rings is 1. The minimum Gasteiger partial charge on any atom is -0.492 e. The van der Waals surface area contributed by atoms with E-state index in [0.29, 0.717) is 41.2 Å². The third-order valence-corrected chi connectivity index (χ3v) is 5.92. The van der Waals surface area contributed by atoms with Crippen molar-refractivity contribution in [3.05, 3.63) is 62.8 Å². The first kappa shape index (κ1) is 21.3. The predicted molar refractivity (Wildman–Crippen MR) is 117 cm³/mol. The van der Waals surface area contributed by atoms with Gasteiger partial charge in [0.15, 0.2) is 5.13 Å². The van der Waals surface area contributed by atoms with E-state index in [-0.39, 0.29) is 18.2 Å². The van der Waals surface area contributed by atoms with E-state index in [0.717, 1.165) is 4.88 Å². The van der Waals surface area contributed by atoms with Crippen molar-refractivity contribution in [1.82, 2.24) is 9.88 Å². The van der Waals surface area contributed by atoms with Gasteiger partial charge in [-0.05, 0) is 35.7 Å². The molecule has 1 N–H and O–H groups in total. The van der Waals surface area contributed by atoms with Gasteiger partial charge in [0.25, 0.3) is 0 Å². The van der Waals surface area contributed by atoms with Crippen LogP contribution < -0.4 is 10.1 Å². The molecular formula is C20H20ClN3O3S2. The molecule has 0 unspecified atom stereocenters. The molecule has 6 nitrogen and oxygen atoms in total. The van der Waals surface area contributed by atoms with Gasteiger partial charge in [-0.25, -0.2) is 4.98 Å². The van der Waals surface area contributed by atoms with E-state index in [1.165, 1.54) is 11.3 Å². The van der Waals surface area contributed by atoms with Gasteiger partial charge in [0.1, 0.15) is 12.4 Å². The van der Waals surface area contributed by atoms with E-state index in [9.17, 15) is 9.59 Å².